The molecule has 2 heterocycles. The zero-order chi connectivity index (χ0) is 37.8. The van der Waals surface area contributed by atoms with E-state index in [0.29, 0.717) is 0 Å². The van der Waals surface area contributed by atoms with Gasteiger partial charge >= 0.3 is 0 Å². The van der Waals surface area contributed by atoms with Crippen LogP contribution in [0.5, 0.6) is 17.2 Å². The van der Waals surface area contributed by atoms with Gasteiger partial charge in [-0.25, -0.2) is 26.9 Å². The predicted octanol–water partition coefficient (Wildman–Crippen LogP) is 6.21. The summed E-state index contributed by atoms with van der Waals surface area (Å²) in [5, 5.41) is 20.2. The molecule has 52 heavy (non-hydrogen) atoms. The normalized spacial score (nSPS) is 28.2. The number of amides is 4. The molecule has 2 saturated heterocycles. The van der Waals surface area contributed by atoms with Crippen molar-refractivity contribution in [1.82, 2.24) is 4.90 Å². The third-order valence-corrected chi connectivity index (χ3v) is 12.7. The predicted molar refractivity (Wildman–Crippen MR) is 182 cm³/mol. The first-order valence-corrected chi connectivity index (χ1v) is 17.5. The fraction of sp³-hybridized carbons (Fsp3) is 0.314. The van der Waals surface area contributed by atoms with Gasteiger partial charge in [-0.2, -0.15) is 0 Å². The second-order valence-corrected chi connectivity index (χ2v) is 15.4. The van der Waals surface area contributed by atoms with Crippen LogP contribution in [0.25, 0.3) is 0 Å². The van der Waals surface area contributed by atoms with Crippen LogP contribution in [0.4, 0.5) is 27.6 Å². The second kappa shape index (κ2) is 12.6. The van der Waals surface area contributed by atoms with Crippen molar-refractivity contribution in [3.8, 4) is 17.2 Å². The lowest BCUT2D eigenvalue weighted by Gasteiger charge is -2.50. The maximum absolute atomic E-state index is 15.3. The van der Waals surface area contributed by atoms with Crippen LogP contribution in [0, 0.1) is 50.4 Å². The van der Waals surface area contributed by atoms with Gasteiger partial charge < -0.3 is 14.9 Å². The molecule has 7 rings (SSSR count). The number of carbonyl (C=O) groups excluding carboxylic acids is 4. The second-order valence-electron chi connectivity index (χ2n) is 13.0. The SMILES string of the molecule is COc1cc(C2C3=CCC4C(=O)N(CCc5ccc(O)cc5)C(=O)C4C3CC3(Cl)C(=O)N(c4c(F)c(F)c(F)c(F)c4F)C(=O)C23Cl)cc(I)c1O. The van der Waals surface area contributed by atoms with E-state index in [0.717, 1.165) is 10.5 Å². The Bertz CT molecular complexity index is 2130. The molecule has 2 N–H and O–H groups in total. The summed E-state index contributed by atoms with van der Waals surface area (Å²) in [6, 6.07) is 8.82. The topological polar surface area (TPSA) is 124 Å². The van der Waals surface area contributed by atoms with Crippen molar-refractivity contribution in [3.05, 3.63) is 91.8 Å². The molecule has 2 aliphatic carbocycles. The standard InChI is InChI=1S/C35H24Cl2F5IN2O7/c1-52-20-11-14(10-19(43)29(20)47)22-16-6-7-17-21(31(49)44(30(17)48)9-8-13-2-4-15(46)5-3-13)18(16)12-34(36)32(50)45(33(51)35(22,34)37)28-26(41)24(39)23(38)25(40)27(28)42/h2-6,10-11,17-18,21-22,46-47H,7-9,12H2,1H3. The average Bonchev–Trinajstić information content (AvgIpc) is 3.45. The number of imide groups is 2. The van der Waals surface area contributed by atoms with E-state index in [1.807, 2.05) is 0 Å². The molecular weight excluding hydrogens is 853 g/mol. The largest absolute Gasteiger partial charge is 0.508 e. The number of aromatic hydroxyl groups is 2. The average molecular weight is 877 g/mol. The Balaban J connectivity index is 1.38. The Morgan fingerprint density at radius 2 is 1.50 bits per heavy atom. The van der Waals surface area contributed by atoms with Crippen molar-refractivity contribution >= 4 is 75.1 Å². The fourth-order valence-electron chi connectivity index (χ4n) is 8.05. The lowest BCUT2D eigenvalue weighted by Crippen LogP contribution is -2.60. The van der Waals surface area contributed by atoms with Crippen molar-refractivity contribution in [2.75, 3.05) is 18.6 Å². The molecular formula is C35H24Cl2F5IN2O7. The molecule has 6 unspecified atom stereocenters. The van der Waals surface area contributed by atoms with E-state index < -0.39 is 98.2 Å². The summed E-state index contributed by atoms with van der Waals surface area (Å²) in [7, 11) is 1.23. The zero-order valence-corrected chi connectivity index (χ0v) is 30.2. The van der Waals surface area contributed by atoms with Crippen LogP contribution in [0.15, 0.2) is 48.0 Å². The van der Waals surface area contributed by atoms with Gasteiger partial charge in [0.25, 0.3) is 11.8 Å². The van der Waals surface area contributed by atoms with E-state index >= 15 is 8.78 Å². The number of likely N-dealkylation sites (tertiary alicyclic amines) is 1. The van der Waals surface area contributed by atoms with Crippen LogP contribution in [-0.2, 0) is 25.6 Å². The number of phenols is 2. The zero-order valence-electron chi connectivity index (χ0n) is 26.5. The van der Waals surface area contributed by atoms with Gasteiger partial charge in [0.05, 0.1) is 22.5 Å². The summed E-state index contributed by atoms with van der Waals surface area (Å²) in [4.78, 5) is 52.1. The molecule has 2 aliphatic heterocycles. The first-order chi connectivity index (χ1) is 24.5. The molecule has 6 atom stereocenters. The molecule has 3 aromatic rings. The van der Waals surface area contributed by atoms with E-state index in [4.69, 9.17) is 27.9 Å². The number of phenolic OH excluding ortho intramolecular Hbond substituents is 2. The van der Waals surface area contributed by atoms with Crippen molar-refractivity contribution in [2.24, 2.45) is 17.8 Å². The summed E-state index contributed by atoms with van der Waals surface area (Å²) < 4.78 is 79.0. The molecule has 4 amide bonds. The van der Waals surface area contributed by atoms with Gasteiger partial charge in [0.2, 0.25) is 17.6 Å². The van der Waals surface area contributed by atoms with E-state index in [9.17, 15) is 42.6 Å². The Hall–Kier alpha value is -3.96. The molecule has 1 saturated carbocycles. The highest BCUT2D eigenvalue weighted by molar-refractivity contribution is 14.1. The molecule has 272 valence electrons. The highest BCUT2D eigenvalue weighted by atomic mass is 127. The van der Waals surface area contributed by atoms with Gasteiger partial charge in [-0.05, 0) is 83.2 Å². The van der Waals surface area contributed by atoms with Crippen molar-refractivity contribution in [3.63, 3.8) is 0 Å². The molecule has 0 spiro atoms. The van der Waals surface area contributed by atoms with Crippen molar-refractivity contribution < 1.29 is 56.1 Å². The van der Waals surface area contributed by atoms with E-state index in [1.54, 1.807) is 40.8 Å². The minimum Gasteiger partial charge on any atom is -0.508 e. The van der Waals surface area contributed by atoms with Gasteiger partial charge in [0, 0.05) is 12.5 Å². The number of anilines is 1. The number of halogens is 8. The van der Waals surface area contributed by atoms with Gasteiger partial charge in [-0.1, -0.05) is 23.8 Å². The lowest BCUT2D eigenvalue weighted by atomic mass is 9.56. The number of rotatable bonds is 6. The quantitative estimate of drug-likeness (QED) is 0.0575. The van der Waals surface area contributed by atoms with Gasteiger partial charge in [0.15, 0.2) is 44.5 Å². The smallest absolute Gasteiger partial charge is 0.258 e. The first-order valence-electron chi connectivity index (χ1n) is 15.7. The number of carbonyl (C=O) groups is 4. The van der Waals surface area contributed by atoms with E-state index in [2.05, 4.69) is 0 Å². The Morgan fingerprint density at radius 3 is 2.12 bits per heavy atom. The van der Waals surface area contributed by atoms with Crippen LogP contribution in [0.2, 0.25) is 0 Å². The third-order valence-electron chi connectivity index (χ3n) is 10.5. The molecule has 4 aliphatic rings. The van der Waals surface area contributed by atoms with Crippen LogP contribution < -0.4 is 9.64 Å². The third kappa shape index (κ3) is 4.90. The molecule has 9 nitrogen and oxygen atoms in total. The lowest BCUT2D eigenvalue weighted by molar-refractivity contribution is -0.140. The minimum absolute atomic E-state index is 0.0225. The fourth-order valence-corrected chi connectivity index (χ4v) is 9.61. The number of nitrogens with zero attached hydrogens (tertiary/aromatic N) is 2. The number of benzene rings is 3. The first kappa shape index (κ1) is 36.4. The van der Waals surface area contributed by atoms with Gasteiger partial charge in [-0.15, -0.1) is 23.2 Å². The maximum atomic E-state index is 15.3. The summed E-state index contributed by atoms with van der Waals surface area (Å²) in [5.41, 5.74) is -0.803. The Morgan fingerprint density at radius 1 is 0.885 bits per heavy atom. The molecule has 0 bridgehead atoms. The monoisotopic (exact) mass is 876 g/mol. The van der Waals surface area contributed by atoms with E-state index in [-0.39, 0.29) is 56.2 Å². The number of hydrogen-bond donors (Lipinski definition) is 2. The number of hydrogen-bond acceptors (Lipinski definition) is 7. The Kier molecular flexibility index (Phi) is 8.80. The number of fused-ring (bicyclic) bond motifs is 4. The molecule has 17 heteroatoms. The maximum Gasteiger partial charge on any atom is 0.258 e. The van der Waals surface area contributed by atoms with Crippen molar-refractivity contribution in [2.45, 2.75) is 34.9 Å². The Labute approximate surface area is 315 Å². The van der Waals surface area contributed by atoms with Gasteiger partial charge in [-0.3, -0.25) is 24.1 Å². The van der Waals surface area contributed by atoms with Crippen molar-refractivity contribution in [1.29, 1.82) is 0 Å². The van der Waals surface area contributed by atoms with Crippen LogP contribution in [0.1, 0.15) is 29.9 Å². The van der Waals surface area contributed by atoms with E-state index in [1.165, 1.54) is 31.4 Å². The number of methoxy groups -OCH3 is 1. The highest BCUT2D eigenvalue weighted by Gasteiger charge is 2.77. The van der Waals surface area contributed by atoms with Gasteiger partial charge in [0.1, 0.15) is 11.4 Å². The van der Waals surface area contributed by atoms with Crippen LogP contribution in [0.3, 0.4) is 0 Å². The molecule has 3 fully saturated rings. The minimum atomic E-state index is -2.71. The number of alkyl halides is 2. The summed E-state index contributed by atoms with van der Waals surface area (Å²) >= 11 is 16.1. The highest BCUT2D eigenvalue weighted by Crippen LogP contribution is 2.66. The number of allylic oxidation sites excluding steroid dienone is 2. The van der Waals surface area contributed by atoms with Crippen LogP contribution in [-0.4, -0.2) is 62.1 Å². The molecule has 3 aromatic carbocycles. The summed E-state index contributed by atoms with van der Waals surface area (Å²) in [6.45, 7) is -0.0365. The number of ether oxygens (including phenoxy) is 1. The van der Waals surface area contributed by atoms with Crippen LogP contribution >= 0.6 is 45.8 Å². The molecule has 0 aromatic heterocycles. The summed E-state index contributed by atoms with van der Waals surface area (Å²) in [5.74, 6) is -21.7. The summed E-state index contributed by atoms with van der Waals surface area (Å²) in [6.07, 6.45) is 1.15. The molecule has 0 radical (unpaired) electrons.